The monoisotopic (exact) mass is 514 g/mol. The molecule has 3 N–H and O–H groups in total. The van der Waals surface area contributed by atoms with Gasteiger partial charge in [-0.25, -0.2) is 0 Å². The molecule has 5 rings (SSSR count). The Morgan fingerprint density at radius 1 is 0.889 bits per heavy atom. The molecule has 1 aliphatic carbocycles. The maximum absolute atomic E-state index is 10.6. The molecule has 2 aromatic rings. The molecule has 1 unspecified atom stereocenters. The van der Waals surface area contributed by atoms with E-state index < -0.39 is 29.9 Å². The molecule has 1 spiro atoms. The summed E-state index contributed by atoms with van der Waals surface area (Å²) < 4.78 is 17.8. The van der Waals surface area contributed by atoms with E-state index in [0.29, 0.717) is 13.2 Å². The summed E-state index contributed by atoms with van der Waals surface area (Å²) in [5, 5.41) is 31.1. The highest BCUT2D eigenvalue weighted by Gasteiger charge is 2.45. The third-order valence-electron chi connectivity index (χ3n) is 8.48. The zero-order chi connectivity index (χ0) is 25.5. The van der Waals surface area contributed by atoms with Gasteiger partial charge in [0, 0.05) is 12.8 Å². The Morgan fingerprint density at radius 3 is 2.19 bits per heavy atom. The quantitative estimate of drug-likeness (QED) is 0.556. The van der Waals surface area contributed by atoms with Gasteiger partial charge in [0.15, 0.2) is 5.79 Å². The van der Waals surface area contributed by atoms with E-state index >= 15 is 0 Å². The Kier molecular flexibility index (Phi) is 7.54. The highest BCUT2D eigenvalue weighted by Crippen LogP contribution is 2.46. The van der Waals surface area contributed by atoms with Crippen molar-refractivity contribution in [2.24, 2.45) is 0 Å². The fraction of sp³-hybridized carbons (Fsp3) is 0.586. The van der Waals surface area contributed by atoms with E-state index in [4.69, 9.17) is 14.2 Å². The van der Waals surface area contributed by atoms with Gasteiger partial charge in [-0.05, 0) is 65.7 Å². The second-order valence-electron chi connectivity index (χ2n) is 10.9. The van der Waals surface area contributed by atoms with Gasteiger partial charge in [-0.2, -0.15) is 0 Å². The molecule has 3 fully saturated rings. The highest BCUT2D eigenvalue weighted by atomic mass is 32.2. The summed E-state index contributed by atoms with van der Waals surface area (Å²) >= 11 is 1.33. The average molecular weight is 515 g/mol. The molecule has 5 atom stereocenters. The van der Waals surface area contributed by atoms with E-state index in [9.17, 15) is 15.3 Å². The number of hydrogen-bond acceptors (Lipinski definition) is 7. The fourth-order valence-corrected chi connectivity index (χ4v) is 6.55. The van der Waals surface area contributed by atoms with Crippen molar-refractivity contribution in [1.82, 2.24) is 0 Å². The lowest BCUT2D eigenvalue weighted by Gasteiger charge is -2.42. The van der Waals surface area contributed by atoms with Crippen LogP contribution in [0, 0.1) is 6.92 Å². The Hall–Kier alpha value is -1.45. The van der Waals surface area contributed by atoms with Crippen molar-refractivity contribution in [3.8, 4) is 0 Å². The van der Waals surface area contributed by atoms with Crippen molar-refractivity contribution in [2.45, 2.75) is 87.0 Å². The van der Waals surface area contributed by atoms with Crippen LogP contribution in [0.1, 0.15) is 66.5 Å². The number of aliphatic hydroxyl groups is 3. The minimum atomic E-state index is -1.25. The molecule has 3 aliphatic rings. The second kappa shape index (κ2) is 10.4. The second-order valence-corrected chi connectivity index (χ2v) is 11.8. The number of rotatable bonds is 5. The van der Waals surface area contributed by atoms with Gasteiger partial charge in [0.25, 0.3) is 0 Å². The van der Waals surface area contributed by atoms with E-state index in [2.05, 4.69) is 44.2 Å². The van der Waals surface area contributed by atoms with Crippen LogP contribution in [-0.2, 0) is 26.0 Å². The summed E-state index contributed by atoms with van der Waals surface area (Å²) in [5.74, 6) is -0.346. The Bertz CT molecular complexity index is 1040. The van der Waals surface area contributed by atoms with Crippen LogP contribution in [0.25, 0.3) is 0 Å². The van der Waals surface area contributed by atoms with Crippen LogP contribution in [0.15, 0.2) is 42.5 Å². The average Bonchev–Trinajstić information content (AvgIpc) is 3.35. The first-order valence-corrected chi connectivity index (χ1v) is 14.2. The first-order chi connectivity index (χ1) is 17.2. The topological polar surface area (TPSA) is 88.4 Å². The van der Waals surface area contributed by atoms with E-state index in [0.717, 1.165) is 48.8 Å². The number of thioether (sulfide) groups is 1. The molecule has 2 aromatic carbocycles. The molecule has 0 bridgehead atoms. The van der Waals surface area contributed by atoms with Crippen LogP contribution in [0.4, 0.5) is 0 Å². The third kappa shape index (κ3) is 4.99. The van der Waals surface area contributed by atoms with Crippen molar-refractivity contribution in [3.63, 3.8) is 0 Å². The van der Waals surface area contributed by atoms with Crippen LogP contribution >= 0.6 is 11.8 Å². The Morgan fingerprint density at radius 2 is 1.56 bits per heavy atom. The van der Waals surface area contributed by atoms with Crippen LogP contribution < -0.4 is 0 Å². The summed E-state index contributed by atoms with van der Waals surface area (Å²) in [6.07, 6.45) is 2.32. The number of hydrogen-bond donors (Lipinski definition) is 3. The zero-order valence-corrected chi connectivity index (χ0v) is 22.2. The number of aryl methyl sites for hydroxylation is 1. The fourth-order valence-electron chi connectivity index (χ4n) is 5.88. The van der Waals surface area contributed by atoms with Gasteiger partial charge in [-0.15, -0.1) is 11.8 Å². The molecule has 2 heterocycles. The lowest BCUT2D eigenvalue weighted by Crippen LogP contribution is -2.52. The molecular formula is C29H38O6S. The molecule has 7 heteroatoms. The molecule has 0 radical (unpaired) electrons. The number of benzene rings is 2. The molecule has 0 amide bonds. The van der Waals surface area contributed by atoms with Gasteiger partial charge in [-0.3, -0.25) is 0 Å². The summed E-state index contributed by atoms with van der Waals surface area (Å²) in [7, 11) is 0. The van der Waals surface area contributed by atoms with Crippen molar-refractivity contribution in [3.05, 3.63) is 70.3 Å². The Balaban J connectivity index is 1.29. The zero-order valence-electron chi connectivity index (χ0n) is 21.4. The number of ether oxygens (including phenoxy) is 3. The molecule has 36 heavy (non-hydrogen) atoms. The van der Waals surface area contributed by atoms with Crippen molar-refractivity contribution < 1.29 is 29.5 Å². The maximum atomic E-state index is 10.6. The van der Waals surface area contributed by atoms with Gasteiger partial charge in [0.05, 0.1) is 13.2 Å². The number of aliphatic hydroxyl groups excluding tert-OH is 3. The van der Waals surface area contributed by atoms with Crippen LogP contribution in [-0.4, -0.2) is 64.3 Å². The summed E-state index contributed by atoms with van der Waals surface area (Å²) in [5.41, 5.74) is 5.25. The maximum Gasteiger partial charge on any atom is 0.168 e. The van der Waals surface area contributed by atoms with Crippen LogP contribution in [0.3, 0.4) is 0 Å². The molecular weight excluding hydrogens is 476 g/mol. The van der Waals surface area contributed by atoms with Crippen molar-refractivity contribution in [2.75, 3.05) is 19.5 Å². The minimum Gasteiger partial charge on any atom is -0.387 e. The highest BCUT2D eigenvalue weighted by molar-refractivity contribution is 7.99. The predicted molar refractivity (Wildman–Crippen MR) is 140 cm³/mol. The van der Waals surface area contributed by atoms with Gasteiger partial charge >= 0.3 is 0 Å². The standard InChI is InChI=1S/C29H38O6S/c1-18-4-7-20(26-24(31)23(30)25(32)27(35-26)36-3)17-21(18)16-19-5-8-22(9-6-19)28(2)10-12-29(13-11-28)33-14-15-34-29/h4-9,17,23-27,30-32H,10-16H2,1-3H3/t23-,24-,25+,26?,27-/m1/s1. The normalized spacial score (nSPS) is 31.6. The van der Waals surface area contributed by atoms with Crippen molar-refractivity contribution >= 4 is 11.8 Å². The van der Waals surface area contributed by atoms with Gasteiger partial charge in [-0.1, -0.05) is 49.4 Å². The van der Waals surface area contributed by atoms with E-state index in [1.807, 2.05) is 18.4 Å². The van der Waals surface area contributed by atoms with Crippen LogP contribution in [0.2, 0.25) is 0 Å². The first-order valence-electron chi connectivity index (χ1n) is 12.9. The predicted octanol–water partition coefficient (Wildman–Crippen LogP) is 4.00. The van der Waals surface area contributed by atoms with Gasteiger partial charge in [0.2, 0.25) is 0 Å². The summed E-state index contributed by atoms with van der Waals surface area (Å²) in [6, 6.07) is 15.0. The summed E-state index contributed by atoms with van der Waals surface area (Å²) in [6.45, 7) is 5.85. The molecule has 2 saturated heterocycles. The smallest absolute Gasteiger partial charge is 0.168 e. The van der Waals surface area contributed by atoms with E-state index in [1.54, 1.807) is 0 Å². The molecule has 2 aliphatic heterocycles. The molecule has 1 saturated carbocycles. The Labute approximate surface area is 218 Å². The molecule has 196 valence electrons. The lowest BCUT2D eigenvalue weighted by molar-refractivity contribution is -0.200. The minimum absolute atomic E-state index is 0.128. The van der Waals surface area contributed by atoms with Gasteiger partial charge in [0.1, 0.15) is 29.9 Å². The summed E-state index contributed by atoms with van der Waals surface area (Å²) in [4.78, 5) is 0. The van der Waals surface area contributed by atoms with Gasteiger partial charge < -0.3 is 29.5 Å². The SMILES string of the molecule is CS[C@H]1OC(c2ccc(C)c(Cc3ccc(C4(C)CCC5(CC4)OCCO5)cc3)c2)[C@H](O)[C@@H](O)[C@@H]1O. The van der Waals surface area contributed by atoms with Crippen molar-refractivity contribution in [1.29, 1.82) is 0 Å². The molecule has 0 aromatic heterocycles. The van der Waals surface area contributed by atoms with Crippen LogP contribution in [0.5, 0.6) is 0 Å². The lowest BCUT2D eigenvalue weighted by atomic mass is 9.69. The van der Waals surface area contributed by atoms with E-state index in [1.165, 1.54) is 22.9 Å². The van der Waals surface area contributed by atoms with E-state index in [-0.39, 0.29) is 11.2 Å². The first kappa shape index (κ1) is 26.2. The molecule has 6 nitrogen and oxygen atoms in total. The third-order valence-corrected chi connectivity index (χ3v) is 9.33. The largest absolute Gasteiger partial charge is 0.387 e.